The van der Waals surface area contributed by atoms with Crippen molar-refractivity contribution in [2.75, 3.05) is 24.2 Å². The Labute approximate surface area is 508 Å². The van der Waals surface area contributed by atoms with Crippen molar-refractivity contribution >= 4 is 87.9 Å². The molecule has 5 aromatic carbocycles. The topological polar surface area (TPSA) is 338 Å². The smallest absolute Gasteiger partial charge is 0.294 e. The summed E-state index contributed by atoms with van der Waals surface area (Å²) in [5.74, 6) is 5.04. The molecule has 1 saturated heterocycles. The molecule has 0 bridgehead atoms. The van der Waals surface area contributed by atoms with Crippen LogP contribution in [0, 0.1) is 11.8 Å². The molecule has 1 fully saturated rings. The van der Waals surface area contributed by atoms with Crippen molar-refractivity contribution in [3.05, 3.63) is 176 Å². The van der Waals surface area contributed by atoms with Crippen LogP contribution in [0.15, 0.2) is 153 Å². The Bertz CT molecular complexity index is 4270. The number of anilines is 1. The zero-order valence-electron chi connectivity index (χ0n) is 47.7. The van der Waals surface area contributed by atoms with Crippen LogP contribution in [0.1, 0.15) is 94.7 Å². The third-order valence-electron chi connectivity index (χ3n) is 15.8. The number of benzene rings is 5. The number of aromatic amines is 1. The van der Waals surface area contributed by atoms with Gasteiger partial charge in [0.15, 0.2) is 5.71 Å². The van der Waals surface area contributed by atoms with Gasteiger partial charge in [-0.1, -0.05) is 97.8 Å². The molecule has 30 heteroatoms. The fourth-order valence-corrected chi connectivity index (χ4v) is 19.3. The maximum atomic E-state index is 13.0. The quantitative estimate of drug-likeness (QED) is 0.00357. The van der Waals surface area contributed by atoms with Crippen LogP contribution in [0.3, 0.4) is 0 Å². The number of aromatic nitrogens is 2. The number of carbonyl (C=O) groups is 1. The summed E-state index contributed by atoms with van der Waals surface area (Å²) in [7, 11) is -13.3. The zero-order valence-corrected chi connectivity index (χ0v) is 52.0. The molecule has 0 spiro atoms. The molecule has 2 unspecified atom stereocenters. The van der Waals surface area contributed by atoms with E-state index >= 15 is 0 Å². The molecule has 0 saturated carbocycles. The monoisotopic (exact) mass is 1300 g/mol. The van der Waals surface area contributed by atoms with Crippen LogP contribution in [-0.2, 0) is 84.1 Å². The van der Waals surface area contributed by atoms with E-state index in [1.807, 2.05) is 66.8 Å². The number of ether oxygens (including phenoxy) is 1. The van der Waals surface area contributed by atoms with Crippen molar-refractivity contribution in [3.8, 4) is 11.8 Å². The minimum Gasteiger partial charge on any atom is -0.339 e. The van der Waals surface area contributed by atoms with Crippen molar-refractivity contribution < 1.29 is 89.9 Å². The Balaban J connectivity index is 0.877. The Morgan fingerprint density at radius 3 is 2.20 bits per heavy atom. The molecule has 6 N–H and O–H groups in total. The number of H-pyrrole nitrogens is 1. The van der Waals surface area contributed by atoms with E-state index in [-0.39, 0.29) is 53.6 Å². The van der Waals surface area contributed by atoms with Gasteiger partial charge < -0.3 is 4.90 Å². The van der Waals surface area contributed by atoms with E-state index in [1.54, 1.807) is 12.1 Å². The van der Waals surface area contributed by atoms with E-state index in [0.29, 0.717) is 37.0 Å². The summed E-state index contributed by atoms with van der Waals surface area (Å²) in [6.07, 6.45) is 3.24. The normalized spacial score (nSPS) is 18.0. The van der Waals surface area contributed by atoms with Gasteiger partial charge in [0.2, 0.25) is 5.69 Å². The maximum absolute atomic E-state index is 13.0. The first kappa shape index (κ1) is 65.6. The molecule has 2 atom stereocenters. The van der Waals surface area contributed by atoms with Crippen molar-refractivity contribution in [2.24, 2.45) is 0 Å². The van der Waals surface area contributed by atoms with Gasteiger partial charge in [-0.3, -0.25) is 9.35 Å². The zero-order chi connectivity index (χ0) is 63.2. The van der Waals surface area contributed by atoms with Crippen LogP contribution in [0.25, 0.3) is 21.5 Å². The summed E-state index contributed by atoms with van der Waals surface area (Å²) in [6, 6.07) is 29.1. The molecule has 4 heterocycles. The minimum absolute atomic E-state index is 0.0314. The molecule has 1 aromatic heterocycles. The number of hydrogen-bond acceptors (Lipinski definition) is 21. The predicted octanol–water partition coefficient (Wildman–Crippen LogP) is 11.7. The fraction of sp³-hybridized carbons (Fsp3) is 0.310. The Morgan fingerprint density at radius 1 is 0.852 bits per heavy atom. The molecule has 3 aliphatic heterocycles. The number of unbranched alkanes of at least 4 members (excludes halogenated alkanes) is 2. The van der Waals surface area contributed by atoms with Crippen LogP contribution < -0.4 is 21.5 Å². The molecule has 0 aliphatic carbocycles. The van der Waals surface area contributed by atoms with Gasteiger partial charge in [-0.2, -0.15) is 13.0 Å². The molecule has 88 heavy (non-hydrogen) atoms. The van der Waals surface area contributed by atoms with E-state index in [2.05, 4.69) is 125 Å². The van der Waals surface area contributed by atoms with Gasteiger partial charge in [0.25, 0.3) is 10.1 Å². The van der Waals surface area contributed by atoms with Crippen molar-refractivity contribution in [2.45, 2.75) is 106 Å². The number of carbonyl (C=O) groups excluding carboxylic acids is 1. The molecule has 3 aliphatic rings. The summed E-state index contributed by atoms with van der Waals surface area (Å²) in [4.78, 5) is 42.7. The molecular weight excluding hydrogens is 1240 g/mol. The number of nitrogens with zero attached hydrogens (tertiary/aromatic N) is 3. The first-order chi connectivity index (χ1) is 42.0. The van der Waals surface area contributed by atoms with Crippen molar-refractivity contribution in [1.82, 2.24) is 14.9 Å². The van der Waals surface area contributed by atoms with Gasteiger partial charge in [-0.05, 0) is 89.7 Å². The van der Waals surface area contributed by atoms with E-state index < -0.39 is 71.9 Å². The van der Waals surface area contributed by atoms with Gasteiger partial charge in [0, 0.05) is 58.8 Å². The van der Waals surface area contributed by atoms with Gasteiger partial charge in [0.1, 0.15) is 11.4 Å². The molecule has 464 valence electrons. The van der Waals surface area contributed by atoms with Gasteiger partial charge in [-0.25, -0.2) is 5.26 Å². The number of fused-ring (bicyclic) bond motifs is 6. The second-order valence-electron chi connectivity index (χ2n) is 21.9. The minimum atomic E-state index is -6.24. The first-order valence-electron chi connectivity index (χ1n) is 27.4. The second kappa shape index (κ2) is 27.1. The number of rotatable bonds is 25. The molecular formula is C58H61N5O20P3S2+. The summed E-state index contributed by atoms with van der Waals surface area (Å²) >= 11 is 0.574. The number of allylic oxidation sites excluding steroid dienone is 6. The van der Waals surface area contributed by atoms with Crippen LogP contribution in [-0.4, -0.2) is 79.8 Å². The van der Waals surface area contributed by atoms with E-state index in [9.17, 15) is 45.6 Å². The predicted molar refractivity (Wildman–Crippen MR) is 324 cm³/mol. The van der Waals surface area contributed by atoms with Crippen molar-refractivity contribution in [3.63, 3.8) is 0 Å². The molecule has 9 rings (SSSR count). The summed E-state index contributed by atoms with van der Waals surface area (Å²) in [6.45, 7) is 9.24. The van der Waals surface area contributed by atoms with Crippen LogP contribution in [0.2, 0.25) is 0 Å². The van der Waals surface area contributed by atoms with Crippen LogP contribution in [0.5, 0.6) is 0 Å². The number of nitrogens with one attached hydrogen (secondary N) is 2. The van der Waals surface area contributed by atoms with Gasteiger partial charge >= 0.3 is 177 Å². The Hall–Kier alpha value is -6.89. The van der Waals surface area contributed by atoms with Crippen LogP contribution in [0.4, 0.5) is 11.4 Å². The Morgan fingerprint density at radius 2 is 1.53 bits per heavy atom. The largest absolute Gasteiger partial charge is 0.339 e. The Kier molecular flexibility index (Phi) is 20.2. The standard InChI is InChI=1S/C58H60N5O20P3S2/c1-57(2)49(21-7-5-8-22-50-58(3,4)54-45-20-13-11-17-39(45)26-30-47(54)62(50)35-40-24-28-43(87-83-80-69)34-48(40)88(74,75)76)61(46-29-25-38-16-10-12-19-44(38)53(46)57)33-14-6-9-23-51(64)59-32-15-18-41-36-63(56(66)60-55(41)65)52-31-27-42(77-52)37-86(81-78-67,82-79-68,84(70)71)85(72)73/h5,7-8,10-13,16-17,19-22,24-26,28-30,34,36,42,52H,6,9,14,23,27,31-33,35,37H2,1-4H3,(H5-,59,60,64,65,66,67,68,69,74,75,76)/p+1. The summed E-state index contributed by atoms with van der Waals surface area (Å²) < 4.78 is 107. The van der Waals surface area contributed by atoms with E-state index in [0.717, 1.165) is 67.1 Å². The van der Waals surface area contributed by atoms with Crippen molar-refractivity contribution in [1.29, 1.82) is 0 Å². The fourth-order valence-electron chi connectivity index (χ4n) is 11.8. The molecule has 1 amide bonds. The van der Waals surface area contributed by atoms with Gasteiger partial charge in [-0.15, -0.1) is 4.33 Å². The average molecular weight is 1310 g/mol. The summed E-state index contributed by atoms with van der Waals surface area (Å²) in [5, 5.41) is 44.1. The summed E-state index contributed by atoms with van der Waals surface area (Å²) in [5.41, 5.74) is 3.50. The second-order valence-corrected chi connectivity index (χ2v) is 35.5. The van der Waals surface area contributed by atoms with E-state index in [4.69, 9.17) is 20.5 Å². The SMILES string of the molecule is CC1(C)C(=CC=CC=CC2=[N+](CCCCCC(=O)NCC#Cc3cn(C4CCC(CP(OOO)(OOO)(P(=O)=O)P(=O)=O)O4)c(=O)[nH]c3=O)c3ccc4ccccc4c3C2(C)C)N(Cc2ccc(SOOO)cc2S(=O)(=O)O)c2ccc3ccccc3c21. The first-order valence-corrected chi connectivity index (χ1v) is 35.6. The van der Waals surface area contributed by atoms with E-state index in [1.165, 1.54) is 11.6 Å². The molecule has 6 aromatic rings. The number of hydrogen-bond donors (Lipinski definition) is 6. The average Bonchev–Trinajstić information content (AvgIpc) is 1.14. The van der Waals surface area contributed by atoms with Gasteiger partial charge in [0.05, 0.1) is 17.5 Å². The molecule has 25 nitrogen and oxygen atoms in total. The maximum Gasteiger partial charge on any atom is 0.294 e. The molecule has 0 radical (unpaired) electrons. The number of amides is 1. The van der Waals surface area contributed by atoms with Crippen LogP contribution >= 0.6 is 33.2 Å². The third-order valence-corrected chi connectivity index (χ3v) is 28.6. The third kappa shape index (κ3) is 13.1.